The van der Waals surface area contributed by atoms with Gasteiger partial charge in [0, 0.05) is 65.0 Å². The Bertz CT molecular complexity index is 498. The Morgan fingerprint density at radius 3 is 2.59 bits per heavy atom. The Kier molecular flexibility index (Phi) is 5.89. The number of hydrogen-bond acceptors (Lipinski definition) is 4. The number of amides is 2. The first-order chi connectivity index (χ1) is 10.6. The molecule has 1 aromatic rings. The normalized spacial score (nSPS) is 15.6. The lowest BCUT2D eigenvalue weighted by Gasteiger charge is -2.33. The minimum atomic E-state index is -0.0185. The van der Waals surface area contributed by atoms with Gasteiger partial charge < -0.3 is 14.7 Å². The third-order valence-corrected chi connectivity index (χ3v) is 3.99. The van der Waals surface area contributed by atoms with E-state index in [-0.39, 0.29) is 11.8 Å². The van der Waals surface area contributed by atoms with Gasteiger partial charge in [0.2, 0.25) is 11.8 Å². The molecular formula is C16H24N4O2. The molecule has 0 aromatic carbocycles. The molecule has 0 radical (unpaired) electrons. The fraction of sp³-hybridized carbons (Fsp3) is 0.562. The first kappa shape index (κ1) is 16.4. The molecule has 0 saturated carbocycles. The minimum absolute atomic E-state index is 0.0185. The Hall–Kier alpha value is -1.95. The summed E-state index contributed by atoms with van der Waals surface area (Å²) >= 11 is 0. The van der Waals surface area contributed by atoms with Crippen molar-refractivity contribution in [1.82, 2.24) is 19.7 Å². The van der Waals surface area contributed by atoms with Crippen LogP contribution in [0.15, 0.2) is 24.5 Å². The topological polar surface area (TPSA) is 56.8 Å². The van der Waals surface area contributed by atoms with E-state index >= 15 is 0 Å². The fourth-order valence-corrected chi connectivity index (χ4v) is 2.50. The maximum Gasteiger partial charge on any atom is 0.224 e. The van der Waals surface area contributed by atoms with Crippen LogP contribution < -0.4 is 0 Å². The van der Waals surface area contributed by atoms with Crippen LogP contribution in [0.5, 0.6) is 0 Å². The Labute approximate surface area is 131 Å². The van der Waals surface area contributed by atoms with Gasteiger partial charge in [-0.3, -0.25) is 14.6 Å². The molecule has 0 aliphatic carbocycles. The Balaban J connectivity index is 1.84. The van der Waals surface area contributed by atoms with E-state index in [0.29, 0.717) is 19.5 Å². The largest absolute Gasteiger partial charge is 0.340 e. The first-order valence-electron chi connectivity index (χ1n) is 7.67. The van der Waals surface area contributed by atoms with Crippen molar-refractivity contribution in [2.24, 2.45) is 0 Å². The van der Waals surface area contributed by atoms with Crippen molar-refractivity contribution in [1.29, 1.82) is 0 Å². The van der Waals surface area contributed by atoms with Gasteiger partial charge in [0.05, 0.1) is 0 Å². The number of likely N-dealkylation sites (N-methyl/N-ethyl adjacent to an activating group) is 1. The van der Waals surface area contributed by atoms with E-state index in [2.05, 4.69) is 16.9 Å². The van der Waals surface area contributed by atoms with Crippen molar-refractivity contribution in [3.05, 3.63) is 30.1 Å². The summed E-state index contributed by atoms with van der Waals surface area (Å²) in [5.74, 6) is 0.112. The van der Waals surface area contributed by atoms with Gasteiger partial charge in [0.15, 0.2) is 0 Å². The van der Waals surface area contributed by atoms with Gasteiger partial charge in [-0.25, -0.2) is 0 Å². The van der Waals surface area contributed by atoms with Crippen molar-refractivity contribution in [3.8, 4) is 0 Å². The highest BCUT2D eigenvalue weighted by atomic mass is 16.2. The molecule has 1 saturated heterocycles. The van der Waals surface area contributed by atoms with E-state index in [9.17, 15) is 9.59 Å². The summed E-state index contributed by atoms with van der Waals surface area (Å²) in [6.45, 7) is 5.87. The summed E-state index contributed by atoms with van der Waals surface area (Å²) < 4.78 is 0. The van der Waals surface area contributed by atoms with Crippen LogP contribution in [0, 0.1) is 0 Å². The number of nitrogens with zero attached hydrogens (tertiary/aromatic N) is 4. The van der Waals surface area contributed by atoms with Gasteiger partial charge in [-0.05, 0) is 18.7 Å². The zero-order valence-electron chi connectivity index (χ0n) is 13.4. The minimum Gasteiger partial charge on any atom is -0.340 e. The number of pyridine rings is 1. The second-order valence-electron chi connectivity index (χ2n) is 5.74. The summed E-state index contributed by atoms with van der Waals surface area (Å²) in [7, 11) is 2.06. The van der Waals surface area contributed by atoms with Crippen molar-refractivity contribution < 1.29 is 9.59 Å². The standard InChI is InChI=1S/C16H24N4O2/c1-14(21)20(13-15-4-3-6-17-12-15)7-5-16(22)19-10-8-18(2)9-11-19/h3-4,6,12H,5,7-11,13H2,1-2H3. The molecule has 1 aliphatic heterocycles. The molecule has 6 heteroatoms. The van der Waals surface area contributed by atoms with E-state index < -0.39 is 0 Å². The molecule has 0 bridgehead atoms. The average Bonchev–Trinajstić information content (AvgIpc) is 2.52. The zero-order valence-corrected chi connectivity index (χ0v) is 13.4. The molecule has 0 atom stereocenters. The van der Waals surface area contributed by atoms with E-state index in [4.69, 9.17) is 0 Å². The molecule has 1 fully saturated rings. The molecule has 2 rings (SSSR count). The first-order valence-corrected chi connectivity index (χ1v) is 7.67. The molecule has 0 N–H and O–H groups in total. The molecule has 2 heterocycles. The molecule has 120 valence electrons. The van der Waals surface area contributed by atoms with Gasteiger partial charge in [-0.15, -0.1) is 0 Å². The summed E-state index contributed by atoms with van der Waals surface area (Å²) in [6.07, 6.45) is 3.83. The second kappa shape index (κ2) is 7.89. The number of aromatic nitrogens is 1. The highest BCUT2D eigenvalue weighted by molar-refractivity contribution is 5.78. The number of hydrogen-bond donors (Lipinski definition) is 0. The molecule has 22 heavy (non-hydrogen) atoms. The fourth-order valence-electron chi connectivity index (χ4n) is 2.50. The smallest absolute Gasteiger partial charge is 0.224 e. The number of piperazine rings is 1. The second-order valence-corrected chi connectivity index (χ2v) is 5.74. The van der Waals surface area contributed by atoms with Crippen molar-refractivity contribution in [2.75, 3.05) is 39.8 Å². The van der Waals surface area contributed by atoms with Crippen LogP contribution >= 0.6 is 0 Å². The Morgan fingerprint density at radius 1 is 1.27 bits per heavy atom. The molecule has 6 nitrogen and oxygen atoms in total. The van der Waals surface area contributed by atoms with E-state index in [1.807, 2.05) is 17.0 Å². The van der Waals surface area contributed by atoms with Gasteiger partial charge in [0.1, 0.15) is 0 Å². The van der Waals surface area contributed by atoms with Crippen LogP contribution in [0.3, 0.4) is 0 Å². The van der Waals surface area contributed by atoms with Crippen LogP contribution in [-0.4, -0.2) is 71.3 Å². The quantitative estimate of drug-likeness (QED) is 0.799. The third kappa shape index (κ3) is 4.80. The summed E-state index contributed by atoms with van der Waals surface area (Å²) in [4.78, 5) is 33.9. The predicted molar refractivity (Wildman–Crippen MR) is 84.0 cm³/mol. The van der Waals surface area contributed by atoms with Crippen LogP contribution in [-0.2, 0) is 16.1 Å². The van der Waals surface area contributed by atoms with Gasteiger partial charge in [-0.1, -0.05) is 6.07 Å². The molecule has 2 amide bonds. The molecule has 0 spiro atoms. The molecule has 1 aromatic heterocycles. The van der Waals surface area contributed by atoms with Crippen molar-refractivity contribution in [2.45, 2.75) is 19.9 Å². The van der Waals surface area contributed by atoms with Gasteiger partial charge in [0.25, 0.3) is 0 Å². The molecular weight excluding hydrogens is 280 g/mol. The van der Waals surface area contributed by atoms with Crippen molar-refractivity contribution in [3.63, 3.8) is 0 Å². The number of rotatable bonds is 5. The maximum atomic E-state index is 12.2. The summed E-state index contributed by atoms with van der Waals surface area (Å²) in [5.41, 5.74) is 0.977. The third-order valence-electron chi connectivity index (χ3n) is 3.99. The van der Waals surface area contributed by atoms with E-state index in [1.54, 1.807) is 17.3 Å². The van der Waals surface area contributed by atoms with Crippen LogP contribution in [0.1, 0.15) is 18.9 Å². The Morgan fingerprint density at radius 2 is 2.00 bits per heavy atom. The highest BCUT2D eigenvalue weighted by Crippen LogP contribution is 2.07. The SMILES string of the molecule is CC(=O)N(CCC(=O)N1CCN(C)CC1)Cc1cccnc1. The van der Waals surface area contributed by atoms with Crippen LogP contribution in [0.4, 0.5) is 0 Å². The van der Waals surface area contributed by atoms with Crippen LogP contribution in [0.2, 0.25) is 0 Å². The lowest BCUT2D eigenvalue weighted by molar-refractivity contribution is -0.134. The van der Waals surface area contributed by atoms with E-state index in [0.717, 1.165) is 31.7 Å². The van der Waals surface area contributed by atoms with Gasteiger partial charge in [-0.2, -0.15) is 0 Å². The van der Waals surface area contributed by atoms with Crippen LogP contribution in [0.25, 0.3) is 0 Å². The zero-order chi connectivity index (χ0) is 15.9. The average molecular weight is 304 g/mol. The lowest BCUT2D eigenvalue weighted by Crippen LogP contribution is -2.47. The lowest BCUT2D eigenvalue weighted by atomic mass is 10.2. The highest BCUT2D eigenvalue weighted by Gasteiger charge is 2.20. The summed E-state index contributed by atoms with van der Waals surface area (Å²) in [6, 6.07) is 3.79. The predicted octanol–water partition coefficient (Wildman–Crippen LogP) is 0.594. The number of carbonyl (C=O) groups is 2. The summed E-state index contributed by atoms with van der Waals surface area (Å²) in [5, 5.41) is 0. The monoisotopic (exact) mass is 304 g/mol. The molecule has 0 unspecified atom stereocenters. The maximum absolute atomic E-state index is 12.2. The van der Waals surface area contributed by atoms with Crippen molar-refractivity contribution >= 4 is 11.8 Å². The van der Waals surface area contributed by atoms with E-state index in [1.165, 1.54) is 6.92 Å². The number of carbonyl (C=O) groups excluding carboxylic acids is 2. The van der Waals surface area contributed by atoms with Gasteiger partial charge >= 0.3 is 0 Å². The molecule has 1 aliphatic rings.